The lowest BCUT2D eigenvalue weighted by atomic mass is 10.2. The topological polar surface area (TPSA) is 55.1 Å². The van der Waals surface area contributed by atoms with Crippen LogP contribution in [0.4, 0.5) is 10.5 Å². The van der Waals surface area contributed by atoms with Crippen molar-refractivity contribution in [1.29, 1.82) is 0 Å². The summed E-state index contributed by atoms with van der Waals surface area (Å²) in [4.78, 5) is 20.1. The molecule has 1 aliphatic heterocycles. The van der Waals surface area contributed by atoms with Crippen molar-refractivity contribution < 1.29 is 4.79 Å². The molecule has 0 radical (unpaired) electrons. The molecule has 1 N–H and O–H groups in total. The largest absolute Gasteiger partial charge is 0.347 e. The maximum absolute atomic E-state index is 13.3. The Bertz CT molecular complexity index is 1270. The Hall–Kier alpha value is -3.28. The van der Waals surface area contributed by atoms with E-state index in [0.29, 0.717) is 5.92 Å². The first-order valence-corrected chi connectivity index (χ1v) is 11.7. The minimum Gasteiger partial charge on any atom is -0.347 e. The van der Waals surface area contributed by atoms with Crippen LogP contribution in [0.5, 0.6) is 0 Å². The zero-order valence-corrected chi connectivity index (χ0v) is 19.1. The molecule has 2 aromatic carbocycles. The number of aryl methyl sites for hydroxylation is 1. The predicted octanol–water partition coefficient (Wildman–Crippen LogP) is 6.04. The Kier molecular flexibility index (Phi) is 5.37. The van der Waals surface area contributed by atoms with Crippen LogP contribution in [0.1, 0.15) is 45.5 Å². The lowest BCUT2D eigenvalue weighted by molar-refractivity contribution is 0.204. The van der Waals surface area contributed by atoms with Gasteiger partial charge < -0.3 is 19.4 Å². The Morgan fingerprint density at radius 1 is 1.16 bits per heavy atom. The lowest BCUT2D eigenvalue weighted by Crippen LogP contribution is -2.35. The van der Waals surface area contributed by atoms with Crippen LogP contribution in [0.15, 0.2) is 54.7 Å². The summed E-state index contributed by atoms with van der Waals surface area (Å²) in [7, 11) is 0. The highest BCUT2D eigenvalue weighted by Gasteiger charge is 2.33. The Labute approximate surface area is 188 Å². The molecule has 0 saturated carbocycles. The van der Waals surface area contributed by atoms with Gasteiger partial charge in [-0.1, -0.05) is 26.0 Å². The van der Waals surface area contributed by atoms with Crippen LogP contribution in [0.3, 0.4) is 0 Å². The lowest BCUT2D eigenvalue weighted by Gasteiger charge is -2.25. The number of hydrogen-bond donors (Lipinski definition) is 1. The van der Waals surface area contributed by atoms with Crippen molar-refractivity contribution >= 4 is 33.7 Å². The average molecular weight is 430 g/mol. The van der Waals surface area contributed by atoms with E-state index in [4.69, 9.17) is 4.98 Å². The van der Waals surface area contributed by atoms with Gasteiger partial charge >= 0.3 is 6.03 Å². The van der Waals surface area contributed by atoms with E-state index in [1.165, 1.54) is 5.52 Å². The Morgan fingerprint density at radius 3 is 2.81 bits per heavy atom. The second-order valence-electron chi connectivity index (χ2n) is 9.12. The van der Waals surface area contributed by atoms with Crippen LogP contribution in [-0.4, -0.2) is 31.6 Å². The van der Waals surface area contributed by atoms with Gasteiger partial charge in [-0.2, -0.15) is 0 Å². The van der Waals surface area contributed by atoms with Gasteiger partial charge in [0.25, 0.3) is 0 Å². The summed E-state index contributed by atoms with van der Waals surface area (Å²) < 4.78 is 4.52. The van der Waals surface area contributed by atoms with E-state index >= 15 is 0 Å². The molecule has 6 nitrogen and oxygen atoms in total. The molecular weight excluding hydrogens is 398 g/mol. The van der Waals surface area contributed by atoms with Crippen molar-refractivity contribution in [3.05, 3.63) is 60.6 Å². The first-order chi connectivity index (χ1) is 15.5. The molecule has 3 heterocycles. The number of carbonyl (C=O) groups is 1. The van der Waals surface area contributed by atoms with Gasteiger partial charge in [0, 0.05) is 42.4 Å². The number of urea groups is 1. The molecule has 166 valence electrons. The van der Waals surface area contributed by atoms with E-state index in [1.54, 1.807) is 0 Å². The predicted molar refractivity (Wildman–Crippen MR) is 130 cm³/mol. The van der Waals surface area contributed by atoms with Crippen LogP contribution in [0, 0.1) is 5.92 Å². The molecule has 0 spiro atoms. The number of nitrogens with zero attached hydrogens (tertiary/aromatic N) is 4. The van der Waals surface area contributed by atoms with Gasteiger partial charge in [0.05, 0.1) is 17.1 Å². The van der Waals surface area contributed by atoms with Gasteiger partial charge in [-0.3, -0.25) is 0 Å². The van der Waals surface area contributed by atoms with E-state index in [0.717, 1.165) is 60.4 Å². The van der Waals surface area contributed by atoms with E-state index < -0.39 is 0 Å². The number of imidazole rings is 1. The number of para-hydroxylation sites is 2. The molecule has 4 aromatic rings. The molecule has 2 aromatic heterocycles. The van der Waals surface area contributed by atoms with Crippen LogP contribution >= 0.6 is 0 Å². The summed E-state index contributed by atoms with van der Waals surface area (Å²) in [6.07, 6.45) is 4.05. The summed E-state index contributed by atoms with van der Waals surface area (Å²) >= 11 is 0. The van der Waals surface area contributed by atoms with E-state index in [-0.39, 0.29) is 12.1 Å². The molecular formula is C26H31N5O. The van der Waals surface area contributed by atoms with E-state index in [1.807, 2.05) is 29.2 Å². The number of fused-ring (bicyclic) bond motifs is 2. The number of rotatable bonds is 5. The molecule has 0 aliphatic carbocycles. The Balaban J connectivity index is 1.38. The van der Waals surface area contributed by atoms with Gasteiger partial charge in [0.15, 0.2) is 0 Å². The molecule has 1 fully saturated rings. The van der Waals surface area contributed by atoms with Gasteiger partial charge in [0.2, 0.25) is 0 Å². The number of amides is 2. The first-order valence-electron chi connectivity index (χ1n) is 11.7. The van der Waals surface area contributed by atoms with Crippen molar-refractivity contribution in [2.75, 3.05) is 11.9 Å². The van der Waals surface area contributed by atoms with Crippen LogP contribution in [-0.2, 0) is 13.1 Å². The zero-order chi connectivity index (χ0) is 22.2. The number of likely N-dealkylation sites (tertiary alicyclic amines) is 1. The first kappa shape index (κ1) is 20.6. The molecule has 32 heavy (non-hydrogen) atoms. The zero-order valence-electron chi connectivity index (χ0n) is 19.1. The molecule has 1 saturated heterocycles. The molecule has 1 unspecified atom stereocenters. The van der Waals surface area contributed by atoms with Crippen LogP contribution in [0.2, 0.25) is 0 Å². The van der Waals surface area contributed by atoms with Gasteiger partial charge in [-0.05, 0) is 62.1 Å². The van der Waals surface area contributed by atoms with Gasteiger partial charge in [0.1, 0.15) is 5.82 Å². The minimum absolute atomic E-state index is 0.00166. The van der Waals surface area contributed by atoms with Crippen molar-refractivity contribution in [2.45, 2.75) is 52.7 Å². The third-order valence-corrected chi connectivity index (χ3v) is 6.40. The van der Waals surface area contributed by atoms with E-state index in [9.17, 15) is 4.79 Å². The third kappa shape index (κ3) is 3.64. The minimum atomic E-state index is -0.0526. The number of aromatic nitrogens is 3. The highest BCUT2D eigenvalue weighted by molar-refractivity contribution is 5.93. The van der Waals surface area contributed by atoms with Gasteiger partial charge in [-0.15, -0.1) is 0 Å². The maximum Gasteiger partial charge on any atom is 0.322 e. The summed E-state index contributed by atoms with van der Waals surface area (Å²) in [5.41, 5.74) is 4.16. The standard InChI is InChI=1S/C26H31N5O/c1-4-30-23-9-6-5-8-21(23)28-25(30)24-10-7-14-31(24)26(32)27-20-11-12-22-19(16-20)13-15-29(22)17-18(2)3/h5-6,8-9,11-13,15-16,18,24H,4,7,10,14,17H2,1-3H3,(H,27,32). The maximum atomic E-state index is 13.3. The fourth-order valence-electron chi connectivity index (χ4n) is 4.98. The Morgan fingerprint density at radius 2 is 2.00 bits per heavy atom. The smallest absolute Gasteiger partial charge is 0.322 e. The molecule has 5 rings (SSSR count). The summed E-state index contributed by atoms with van der Waals surface area (Å²) in [6.45, 7) is 9.16. The monoisotopic (exact) mass is 429 g/mol. The number of carbonyl (C=O) groups excluding carboxylic acids is 1. The number of nitrogens with one attached hydrogen (secondary N) is 1. The highest BCUT2D eigenvalue weighted by Crippen LogP contribution is 2.34. The fraction of sp³-hybridized carbons (Fsp3) is 0.385. The summed E-state index contributed by atoms with van der Waals surface area (Å²) in [5.74, 6) is 1.58. The average Bonchev–Trinajstić information content (AvgIpc) is 3.49. The quantitative estimate of drug-likeness (QED) is 0.421. The van der Waals surface area contributed by atoms with Crippen molar-refractivity contribution in [1.82, 2.24) is 19.0 Å². The molecule has 1 aliphatic rings. The van der Waals surface area contributed by atoms with Gasteiger partial charge in [-0.25, -0.2) is 9.78 Å². The van der Waals surface area contributed by atoms with Crippen LogP contribution in [0.25, 0.3) is 21.9 Å². The van der Waals surface area contributed by atoms with Crippen molar-refractivity contribution in [3.8, 4) is 0 Å². The second kappa shape index (κ2) is 8.34. The molecule has 2 amide bonds. The highest BCUT2D eigenvalue weighted by atomic mass is 16.2. The third-order valence-electron chi connectivity index (χ3n) is 6.40. The molecule has 6 heteroatoms. The fourth-order valence-corrected chi connectivity index (χ4v) is 4.98. The molecule has 1 atom stereocenters. The summed E-state index contributed by atoms with van der Waals surface area (Å²) in [6, 6.07) is 16.5. The number of hydrogen-bond acceptors (Lipinski definition) is 2. The second-order valence-corrected chi connectivity index (χ2v) is 9.12. The molecule has 0 bridgehead atoms. The number of anilines is 1. The summed E-state index contributed by atoms with van der Waals surface area (Å²) in [5, 5.41) is 4.29. The van der Waals surface area contributed by atoms with Crippen molar-refractivity contribution in [3.63, 3.8) is 0 Å². The SMILES string of the molecule is CCn1c(C2CCCN2C(=O)Nc2ccc3c(ccn3CC(C)C)c2)nc2ccccc21. The van der Waals surface area contributed by atoms with E-state index in [2.05, 4.69) is 65.7 Å². The van der Waals surface area contributed by atoms with Crippen molar-refractivity contribution in [2.24, 2.45) is 5.92 Å². The van der Waals surface area contributed by atoms with Crippen LogP contribution < -0.4 is 5.32 Å². The normalized spacial score (nSPS) is 16.5. The number of benzene rings is 2.